The predicted octanol–water partition coefficient (Wildman–Crippen LogP) is 4.13. The number of carbonyl (C=O) groups excluding carboxylic acids is 1. The molecule has 2 aliphatic rings. The second-order valence-electron chi connectivity index (χ2n) is 8.39. The van der Waals surface area contributed by atoms with Crippen molar-refractivity contribution < 1.29 is 9.53 Å². The van der Waals surface area contributed by atoms with Crippen LogP contribution in [0.2, 0.25) is 5.02 Å². The van der Waals surface area contributed by atoms with Gasteiger partial charge in [-0.2, -0.15) is 5.10 Å². The lowest BCUT2D eigenvalue weighted by Crippen LogP contribution is -2.48. The second kappa shape index (κ2) is 9.22. The van der Waals surface area contributed by atoms with E-state index < -0.39 is 0 Å². The molecule has 0 N–H and O–H groups in total. The van der Waals surface area contributed by atoms with Crippen LogP contribution >= 0.6 is 23.4 Å². The number of aromatic nitrogens is 2. The van der Waals surface area contributed by atoms with Crippen LogP contribution in [0.3, 0.4) is 0 Å². The van der Waals surface area contributed by atoms with Gasteiger partial charge in [-0.25, -0.2) is 4.99 Å². The summed E-state index contributed by atoms with van der Waals surface area (Å²) in [5.41, 5.74) is 1.19. The van der Waals surface area contributed by atoms with Crippen molar-refractivity contribution in [2.24, 2.45) is 17.5 Å². The van der Waals surface area contributed by atoms with Gasteiger partial charge >= 0.3 is 0 Å². The third kappa shape index (κ3) is 4.76. The number of halogens is 1. The molecule has 0 saturated carbocycles. The number of fused-ring (bicyclic) bond motifs is 1. The number of thioether (sulfide) groups is 1. The van der Waals surface area contributed by atoms with Crippen LogP contribution in [-0.4, -0.2) is 65.3 Å². The predicted molar refractivity (Wildman–Crippen MR) is 125 cm³/mol. The van der Waals surface area contributed by atoms with Crippen LogP contribution in [0, 0.1) is 5.41 Å². The van der Waals surface area contributed by atoms with Crippen molar-refractivity contribution in [1.29, 1.82) is 0 Å². The van der Waals surface area contributed by atoms with Crippen LogP contribution in [-0.2, 0) is 16.6 Å². The number of ether oxygens (including phenoxy) is 1. The lowest BCUT2D eigenvalue weighted by Gasteiger charge is -2.40. The Morgan fingerprint density at radius 2 is 2.13 bits per heavy atom. The Morgan fingerprint density at radius 1 is 1.35 bits per heavy atom. The number of carbonyl (C=O) groups is 1. The molecule has 1 spiro atoms. The van der Waals surface area contributed by atoms with Gasteiger partial charge in [0.25, 0.3) is 0 Å². The Morgan fingerprint density at radius 3 is 2.81 bits per heavy atom. The zero-order valence-corrected chi connectivity index (χ0v) is 19.7. The molecule has 0 bridgehead atoms. The van der Waals surface area contributed by atoms with Crippen LogP contribution in [0.25, 0.3) is 10.9 Å². The SMILES string of the molecule is C/C(=C\N=C(N(C)C=O)N1CCC2(CCOC2)CC1)Sc1ccc2nn(C)cc2c1Cl. The highest BCUT2D eigenvalue weighted by Crippen LogP contribution is 2.39. The molecule has 2 fully saturated rings. The van der Waals surface area contributed by atoms with E-state index in [1.165, 1.54) is 0 Å². The minimum atomic E-state index is 0.310. The van der Waals surface area contributed by atoms with Crippen LogP contribution in [0.1, 0.15) is 26.2 Å². The van der Waals surface area contributed by atoms with Crippen molar-refractivity contribution in [1.82, 2.24) is 19.6 Å². The fourth-order valence-corrected chi connectivity index (χ4v) is 5.37. The van der Waals surface area contributed by atoms with Gasteiger partial charge in [0, 0.05) is 61.4 Å². The fourth-order valence-electron chi connectivity index (χ4n) is 4.25. The molecule has 1 aromatic heterocycles. The summed E-state index contributed by atoms with van der Waals surface area (Å²) >= 11 is 8.17. The van der Waals surface area contributed by atoms with Crippen LogP contribution in [0.15, 0.2) is 39.3 Å². The molecule has 9 heteroatoms. The highest BCUT2D eigenvalue weighted by Gasteiger charge is 2.39. The first-order chi connectivity index (χ1) is 14.9. The summed E-state index contributed by atoms with van der Waals surface area (Å²) in [4.78, 5) is 21.9. The molecule has 4 rings (SSSR count). The summed E-state index contributed by atoms with van der Waals surface area (Å²) in [6.07, 6.45) is 7.81. The first kappa shape index (κ1) is 22.2. The molecule has 166 valence electrons. The smallest absolute Gasteiger partial charge is 0.216 e. The van der Waals surface area contributed by atoms with Gasteiger partial charge in [0.2, 0.25) is 12.4 Å². The maximum atomic E-state index is 11.5. The van der Waals surface area contributed by atoms with Crippen molar-refractivity contribution >= 4 is 46.6 Å². The van der Waals surface area contributed by atoms with E-state index in [1.54, 1.807) is 28.4 Å². The second-order valence-corrected chi connectivity index (χ2v) is 10.1. The molecule has 31 heavy (non-hydrogen) atoms. The minimum absolute atomic E-state index is 0.310. The Balaban J connectivity index is 1.50. The van der Waals surface area contributed by atoms with Gasteiger partial charge in [0.05, 0.1) is 17.1 Å². The molecule has 1 aromatic carbocycles. The Bertz CT molecular complexity index is 1020. The zero-order valence-electron chi connectivity index (χ0n) is 18.2. The molecular weight excluding hydrogens is 434 g/mol. The highest BCUT2D eigenvalue weighted by molar-refractivity contribution is 8.03. The number of likely N-dealkylation sites (tertiary alicyclic amines) is 1. The fraction of sp³-hybridized carbons (Fsp3) is 0.500. The Kier molecular flexibility index (Phi) is 6.60. The normalized spacial score (nSPS) is 19.4. The number of amides is 1. The van der Waals surface area contributed by atoms with E-state index in [4.69, 9.17) is 16.3 Å². The summed E-state index contributed by atoms with van der Waals surface area (Å²) < 4.78 is 7.40. The molecule has 1 amide bonds. The van der Waals surface area contributed by atoms with Crippen molar-refractivity contribution in [3.05, 3.63) is 34.5 Å². The van der Waals surface area contributed by atoms with Gasteiger partial charge in [-0.1, -0.05) is 23.4 Å². The van der Waals surface area contributed by atoms with Crippen LogP contribution in [0.4, 0.5) is 0 Å². The number of guanidine groups is 1. The number of hydrogen-bond donors (Lipinski definition) is 0. The van der Waals surface area contributed by atoms with E-state index in [2.05, 4.69) is 15.0 Å². The van der Waals surface area contributed by atoms with Gasteiger partial charge < -0.3 is 9.64 Å². The minimum Gasteiger partial charge on any atom is -0.381 e. The number of aliphatic imine (C=N–C) groups is 1. The van der Waals surface area contributed by atoms with Crippen molar-refractivity contribution in [3.8, 4) is 0 Å². The first-order valence-corrected chi connectivity index (χ1v) is 11.7. The third-order valence-electron chi connectivity index (χ3n) is 6.10. The maximum absolute atomic E-state index is 11.5. The molecule has 2 saturated heterocycles. The molecule has 0 atom stereocenters. The molecule has 2 aromatic rings. The molecular formula is C22H28ClN5O2S. The van der Waals surface area contributed by atoms with Crippen molar-refractivity contribution in [2.75, 3.05) is 33.4 Å². The van der Waals surface area contributed by atoms with E-state index >= 15 is 0 Å². The number of rotatable bonds is 4. The quantitative estimate of drug-likeness (QED) is 0.296. The van der Waals surface area contributed by atoms with Gasteiger partial charge in [-0.15, -0.1) is 0 Å². The van der Waals surface area contributed by atoms with E-state index in [0.717, 1.165) is 72.7 Å². The summed E-state index contributed by atoms with van der Waals surface area (Å²) in [6.45, 7) is 5.47. The number of piperidine rings is 1. The maximum Gasteiger partial charge on any atom is 0.216 e. The topological polar surface area (TPSA) is 63.0 Å². The van der Waals surface area contributed by atoms with E-state index in [-0.39, 0.29) is 0 Å². The summed E-state index contributed by atoms with van der Waals surface area (Å²) in [5.74, 6) is 0.678. The van der Waals surface area contributed by atoms with Gasteiger partial charge in [0.1, 0.15) is 0 Å². The number of aryl methyl sites for hydroxylation is 1. The molecule has 2 aliphatic heterocycles. The summed E-state index contributed by atoms with van der Waals surface area (Å²) in [5, 5.41) is 6.02. The van der Waals surface area contributed by atoms with Crippen molar-refractivity contribution in [3.63, 3.8) is 0 Å². The number of nitrogens with zero attached hydrogens (tertiary/aromatic N) is 5. The Hall–Kier alpha value is -2.03. The van der Waals surface area contributed by atoms with E-state index in [0.29, 0.717) is 16.4 Å². The monoisotopic (exact) mass is 461 g/mol. The molecule has 7 nitrogen and oxygen atoms in total. The lowest BCUT2D eigenvalue weighted by molar-refractivity contribution is -0.114. The van der Waals surface area contributed by atoms with Gasteiger partial charge in [0.15, 0.2) is 0 Å². The average molecular weight is 462 g/mol. The first-order valence-electron chi connectivity index (χ1n) is 10.5. The van der Waals surface area contributed by atoms with Crippen molar-refractivity contribution in [2.45, 2.75) is 31.1 Å². The lowest BCUT2D eigenvalue weighted by atomic mass is 9.78. The highest BCUT2D eigenvalue weighted by atomic mass is 35.5. The van der Waals surface area contributed by atoms with E-state index in [9.17, 15) is 4.79 Å². The molecule has 0 unspecified atom stereocenters. The van der Waals surface area contributed by atoms with Crippen LogP contribution in [0.5, 0.6) is 0 Å². The van der Waals surface area contributed by atoms with Gasteiger partial charge in [-0.3, -0.25) is 14.4 Å². The molecule has 0 radical (unpaired) electrons. The van der Waals surface area contributed by atoms with E-state index in [1.807, 2.05) is 38.5 Å². The zero-order chi connectivity index (χ0) is 22.0. The molecule has 3 heterocycles. The summed E-state index contributed by atoms with van der Waals surface area (Å²) in [7, 11) is 3.63. The summed E-state index contributed by atoms with van der Waals surface area (Å²) in [6, 6.07) is 3.96. The standard InChI is InChI=1S/C22H28ClN5O2S/c1-16(31-19-5-4-18-17(20(19)23)13-27(3)25-18)12-24-21(26(2)15-29)28-9-6-22(7-10-28)8-11-30-14-22/h4-5,12-13,15H,6-11,14H2,1-3H3/b16-12+,24-21?. The number of hydrogen-bond acceptors (Lipinski definition) is 5. The number of allylic oxidation sites excluding steroid dienone is 1. The van der Waals surface area contributed by atoms with Gasteiger partial charge in [-0.05, 0) is 43.7 Å². The average Bonchev–Trinajstić information content (AvgIpc) is 3.38. The Labute approximate surface area is 192 Å². The van der Waals surface area contributed by atoms with Crippen LogP contribution < -0.4 is 0 Å². The largest absolute Gasteiger partial charge is 0.381 e. The molecule has 0 aliphatic carbocycles. The third-order valence-corrected chi connectivity index (χ3v) is 7.61. The number of benzene rings is 1.